The fourth-order valence-electron chi connectivity index (χ4n) is 2.18. The van der Waals surface area contributed by atoms with Gasteiger partial charge in [-0.05, 0) is 18.1 Å². The summed E-state index contributed by atoms with van der Waals surface area (Å²) < 4.78 is 0. The number of pyridine rings is 1. The standard InChI is InChI=1S/C14H21N3OS/c1-2-11-4-3-5-16-13(11)9-17-14(18)8-12-10-19-7-6-15-12/h3-5,12,15H,2,6-10H2,1H3,(H,17,18). The average molecular weight is 279 g/mol. The molecule has 2 heterocycles. The maximum atomic E-state index is 11.9. The second-order valence-corrected chi connectivity index (χ2v) is 5.82. The Labute approximate surface area is 118 Å². The highest BCUT2D eigenvalue weighted by atomic mass is 32.2. The maximum absolute atomic E-state index is 11.9. The number of rotatable bonds is 5. The minimum Gasteiger partial charge on any atom is -0.350 e. The summed E-state index contributed by atoms with van der Waals surface area (Å²) in [6.45, 7) is 3.64. The highest BCUT2D eigenvalue weighted by molar-refractivity contribution is 7.99. The van der Waals surface area contributed by atoms with Crippen LogP contribution < -0.4 is 10.6 Å². The predicted molar refractivity (Wildman–Crippen MR) is 79.2 cm³/mol. The minimum atomic E-state index is 0.104. The van der Waals surface area contributed by atoms with Gasteiger partial charge in [0.1, 0.15) is 0 Å². The molecule has 1 aromatic heterocycles. The summed E-state index contributed by atoms with van der Waals surface area (Å²) in [5, 5.41) is 6.34. The third-order valence-electron chi connectivity index (χ3n) is 3.25. The van der Waals surface area contributed by atoms with E-state index in [9.17, 15) is 4.79 Å². The van der Waals surface area contributed by atoms with Crippen LogP contribution in [-0.4, -0.2) is 35.0 Å². The normalized spacial score (nSPS) is 19.1. The molecule has 0 bridgehead atoms. The number of carbonyl (C=O) groups is 1. The quantitative estimate of drug-likeness (QED) is 0.854. The molecule has 0 spiro atoms. The summed E-state index contributed by atoms with van der Waals surface area (Å²) in [5.41, 5.74) is 2.18. The van der Waals surface area contributed by atoms with Gasteiger partial charge >= 0.3 is 0 Å². The van der Waals surface area contributed by atoms with Crippen molar-refractivity contribution < 1.29 is 4.79 Å². The summed E-state index contributed by atoms with van der Waals surface area (Å²) in [6, 6.07) is 4.31. The Bertz CT molecular complexity index is 419. The molecule has 0 aromatic carbocycles. The summed E-state index contributed by atoms with van der Waals surface area (Å²) in [4.78, 5) is 16.2. The van der Waals surface area contributed by atoms with Gasteiger partial charge in [0.25, 0.3) is 0 Å². The van der Waals surface area contributed by atoms with Crippen molar-refractivity contribution in [2.45, 2.75) is 32.4 Å². The van der Waals surface area contributed by atoms with Crippen LogP contribution in [0.3, 0.4) is 0 Å². The van der Waals surface area contributed by atoms with Gasteiger partial charge in [-0.1, -0.05) is 13.0 Å². The van der Waals surface area contributed by atoms with Crippen molar-refractivity contribution in [1.29, 1.82) is 0 Å². The van der Waals surface area contributed by atoms with Crippen molar-refractivity contribution in [1.82, 2.24) is 15.6 Å². The molecule has 1 atom stereocenters. The lowest BCUT2D eigenvalue weighted by atomic mass is 10.1. The molecule has 1 amide bonds. The van der Waals surface area contributed by atoms with E-state index >= 15 is 0 Å². The second kappa shape index (κ2) is 7.50. The van der Waals surface area contributed by atoms with Crippen LogP contribution in [0.15, 0.2) is 18.3 Å². The molecular formula is C14H21N3OS. The zero-order chi connectivity index (χ0) is 13.5. The van der Waals surface area contributed by atoms with Gasteiger partial charge in [-0.15, -0.1) is 0 Å². The lowest BCUT2D eigenvalue weighted by molar-refractivity contribution is -0.121. The van der Waals surface area contributed by atoms with Crippen molar-refractivity contribution in [2.75, 3.05) is 18.1 Å². The first-order valence-corrected chi connectivity index (χ1v) is 7.95. The van der Waals surface area contributed by atoms with E-state index < -0.39 is 0 Å². The van der Waals surface area contributed by atoms with E-state index in [1.807, 2.05) is 17.8 Å². The maximum Gasteiger partial charge on any atom is 0.221 e. The van der Waals surface area contributed by atoms with E-state index in [0.29, 0.717) is 19.0 Å². The number of aromatic nitrogens is 1. The fourth-order valence-corrected chi connectivity index (χ4v) is 3.13. The van der Waals surface area contributed by atoms with Crippen LogP contribution in [0.4, 0.5) is 0 Å². The SMILES string of the molecule is CCc1cccnc1CNC(=O)CC1CSCCN1. The van der Waals surface area contributed by atoms with Gasteiger partial charge in [-0.3, -0.25) is 9.78 Å². The first kappa shape index (κ1) is 14.3. The van der Waals surface area contributed by atoms with Crippen LogP contribution in [0.5, 0.6) is 0 Å². The molecule has 1 aliphatic rings. The molecule has 1 aromatic rings. The number of hydrogen-bond acceptors (Lipinski definition) is 4. The number of hydrogen-bond donors (Lipinski definition) is 2. The molecule has 0 saturated carbocycles. The van der Waals surface area contributed by atoms with Gasteiger partial charge in [-0.25, -0.2) is 0 Å². The minimum absolute atomic E-state index is 0.104. The zero-order valence-electron chi connectivity index (χ0n) is 11.3. The molecule has 1 aliphatic heterocycles. The molecule has 1 fully saturated rings. The Morgan fingerprint density at radius 2 is 2.53 bits per heavy atom. The predicted octanol–water partition coefficient (Wildman–Crippen LogP) is 1.36. The van der Waals surface area contributed by atoms with E-state index in [2.05, 4.69) is 28.6 Å². The smallest absolute Gasteiger partial charge is 0.221 e. The first-order chi connectivity index (χ1) is 9.29. The number of amides is 1. The monoisotopic (exact) mass is 279 g/mol. The Morgan fingerprint density at radius 1 is 1.63 bits per heavy atom. The second-order valence-electron chi connectivity index (χ2n) is 4.67. The topological polar surface area (TPSA) is 54.0 Å². The first-order valence-electron chi connectivity index (χ1n) is 6.80. The van der Waals surface area contributed by atoms with E-state index in [0.717, 1.165) is 30.2 Å². The van der Waals surface area contributed by atoms with E-state index in [1.165, 1.54) is 5.56 Å². The van der Waals surface area contributed by atoms with Crippen LogP contribution in [-0.2, 0) is 17.8 Å². The van der Waals surface area contributed by atoms with Crippen LogP contribution in [0.2, 0.25) is 0 Å². The van der Waals surface area contributed by atoms with Gasteiger partial charge in [0.15, 0.2) is 0 Å². The van der Waals surface area contributed by atoms with Gasteiger partial charge in [0.05, 0.1) is 12.2 Å². The number of nitrogens with one attached hydrogen (secondary N) is 2. The molecular weight excluding hydrogens is 258 g/mol. The van der Waals surface area contributed by atoms with Gasteiger partial charge in [0, 0.05) is 36.7 Å². The Morgan fingerprint density at radius 3 is 3.26 bits per heavy atom. The summed E-state index contributed by atoms with van der Waals surface area (Å²) >= 11 is 1.91. The number of thioether (sulfide) groups is 1. The third kappa shape index (κ3) is 4.51. The fraction of sp³-hybridized carbons (Fsp3) is 0.571. The molecule has 0 radical (unpaired) electrons. The summed E-state index contributed by atoms with van der Waals surface area (Å²) in [5.74, 6) is 2.27. The van der Waals surface area contributed by atoms with Crippen molar-refractivity contribution in [3.63, 3.8) is 0 Å². The molecule has 1 unspecified atom stereocenters. The van der Waals surface area contributed by atoms with Crippen LogP contribution in [0.1, 0.15) is 24.6 Å². The molecule has 5 heteroatoms. The molecule has 2 N–H and O–H groups in total. The highest BCUT2D eigenvalue weighted by Gasteiger charge is 2.16. The van der Waals surface area contributed by atoms with Crippen molar-refractivity contribution in [3.05, 3.63) is 29.6 Å². The number of carbonyl (C=O) groups excluding carboxylic acids is 1. The summed E-state index contributed by atoms with van der Waals surface area (Å²) in [6.07, 6.45) is 3.28. The van der Waals surface area contributed by atoms with Gasteiger partial charge in [0.2, 0.25) is 5.91 Å². The Hall–Kier alpha value is -1.07. The van der Waals surface area contributed by atoms with Crippen LogP contribution >= 0.6 is 11.8 Å². The highest BCUT2D eigenvalue weighted by Crippen LogP contribution is 2.10. The molecule has 1 saturated heterocycles. The Kier molecular flexibility index (Phi) is 5.66. The van der Waals surface area contributed by atoms with Gasteiger partial charge < -0.3 is 10.6 Å². The molecule has 104 valence electrons. The van der Waals surface area contributed by atoms with Gasteiger partial charge in [-0.2, -0.15) is 11.8 Å². The van der Waals surface area contributed by atoms with Crippen LogP contribution in [0.25, 0.3) is 0 Å². The number of aryl methyl sites for hydroxylation is 1. The lowest BCUT2D eigenvalue weighted by Gasteiger charge is -2.22. The van der Waals surface area contributed by atoms with E-state index in [4.69, 9.17) is 0 Å². The van der Waals surface area contributed by atoms with Crippen LogP contribution in [0, 0.1) is 0 Å². The summed E-state index contributed by atoms with van der Waals surface area (Å²) in [7, 11) is 0. The molecule has 4 nitrogen and oxygen atoms in total. The Balaban J connectivity index is 1.79. The van der Waals surface area contributed by atoms with Crippen molar-refractivity contribution in [3.8, 4) is 0 Å². The van der Waals surface area contributed by atoms with E-state index in [-0.39, 0.29) is 5.91 Å². The largest absolute Gasteiger partial charge is 0.350 e. The third-order valence-corrected chi connectivity index (χ3v) is 4.38. The lowest BCUT2D eigenvalue weighted by Crippen LogP contribution is -2.41. The average Bonchev–Trinajstić information content (AvgIpc) is 2.46. The van der Waals surface area contributed by atoms with E-state index in [1.54, 1.807) is 6.20 Å². The van der Waals surface area contributed by atoms with Crippen molar-refractivity contribution >= 4 is 17.7 Å². The number of nitrogens with zero attached hydrogens (tertiary/aromatic N) is 1. The molecule has 0 aliphatic carbocycles. The van der Waals surface area contributed by atoms with Crippen molar-refractivity contribution in [2.24, 2.45) is 0 Å². The molecule has 19 heavy (non-hydrogen) atoms. The zero-order valence-corrected chi connectivity index (χ0v) is 12.1. The molecule has 2 rings (SSSR count).